The zero-order chi connectivity index (χ0) is 15.6. The summed E-state index contributed by atoms with van der Waals surface area (Å²) >= 11 is 0. The third kappa shape index (κ3) is 2.96. The third-order valence-corrected chi connectivity index (χ3v) is 5.25. The van der Waals surface area contributed by atoms with E-state index in [1.165, 1.54) is 0 Å². The van der Waals surface area contributed by atoms with E-state index in [4.69, 9.17) is 0 Å². The fourth-order valence-corrected chi connectivity index (χ4v) is 3.55. The fraction of sp³-hybridized carbons (Fsp3) is 0.188. The largest absolute Gasteiger partial charge is 0.344 e. The number of benzene rings is 2. The lowest BCUT2D eigenvalue weighted by Gasteiger charge is -2.15. The predicted molar refractivity (Wildman–Crippen MR) is 87.9 cm³/mol. The first-order chi connectivity index (χ1) is 10.6. The molecule has 0 aliphatic carbocycles. The van der Waals surface area contributed by atoms with E-state index in [0.29, 0.717) is 17.4 Å². The second kappa shape index (κ2) is 5.81. The summed E-state index contributed by atoms with van der Waals surface area (Å²) in [6.07, 6.45) is 0. The summed E-state index contributed by atoms with van der Waals surface area (Å²) in [5.74, 6) is 0.717. The third-order valence-electron chi connectivity index (χ3n) is 3.54. The number of fused-ring (bicyclic) bond motifs is 1. The van der Waals surface area contributed by atoms with Crippen molar-refractivity contribution in [1.82, 2.24) is 9.97 Å². The molecule has 5 nitrogen and oxygen atoms in total. The smallest absolute Gasteiger partial charge is 0.203 e. The summed E-state index contributed by atoms with van der Waals surface area (Å²) in [6.45, 7) is 0.372. The van der Waals surface area contributed by atoms with E-state index in [-0.39, 0.29) is 5.75 Å². The van der Waals surface area contributed by atoms with E-state index >= 15 is 0 Å². The normalized spacial score (nSPS) is 11.7. The molecule has 3 aromatic rings. The van der Waals surface area contributed by atoms with Crippen molar-refractivity contribution in [3.05, 3.63) is 54.6 Å². The Kier molecular flexibility index (Phi) is 3.85. The highest BCUT2D eigenvalue weighted by atomic mass is 32.2. The molecule has 0 spiro atoms. The number of anilines is 1. The van der Waals surface area contributed by atoms with Gasteiger partial charge in [-0.2, -0.15) is 0 Å². The molecular weight excluding hydrogens is 298 g/mol. The van der Waals surface area contributed by atoms with Gasteiger partial charge in [0.15, 0.2) is 9.84 Å². The SMILES string of the molecule is CN(CCS(=O)(=O)c1ccccc1)c1nc2ccccc2[nH]1. The van der Waals surface area contributed by atoms with Gasteiger partial charge in [0.2, 0.25) is 5.95 Å². The van der Waals surface area contributed by atoms with Crippen LogP contribution in [0.2, 0.25) is 0 Å². The van der Waals surface area contributed by atoms with Crippen molar-refractivity contribution in [3.8, 4) is 0 Å². The molecule has 1 N–H and O–H groups in total. The van der Waals surface area contributed by atoms with Gasteiger partial charge in [-0.1, -0.05) is 30.3 Å². The molecule has 0 fully saturated rings. The monoisotopic (exact) mass is 315 g/mol. The van der Waals surface area contributed by atoms with Crippen LogP contribution in [0.25, 0.3) is 11.0 Å². The van der Waals surface area contributed by atoms with Gasteiger partial charge in [0, 0.05) is 13.6 Å². The molecule has 0 bridgehead atoms. The minimum absolute atomic E-state index is 0.0462. The van der Waals surface area contributed by atoms with E-state index in [9.17, 15) is 8.42 Å². The van der Waals surface area contributed by atoms with Crippen LogP contribution >= 0.6 is 0 Å². The molecule has 0 saturated carbocycles. The minimum atomic E-state index is -3.28. The summed E-state index contributed by atoms with van der Waals surface area (Å²) < 4.78 is 24.6. The number of nitrogens with zero attached hydrogens (tertiary/aromatic N) is 2. The molecule has 22 heavy (non-hydrogen) atoms. The number of nitrogens with one attached hydrogen (secondary N) is 1. The van der Waals surface area contributed by atoms with Crippen LogP contribution in [0.1, 0.15) is 0 Å². The van der Waals surface area contributed by atoms with Crippen molar-refractivity contribution in [2.75, 3.05) is 24.2 Å². The molecular formula is C16H17N3O2S. The Balaban J connectivity index is 1.73. The topological polar surface area (TPSA) is 66.1 Å². The highest BCUT2D eigenvalue weighted by molar-refractivity contribution is 7.91. The maximum Gasteiger partial charge on any atom is 0.203 e. The number of rotatable bonds is 5. The average molecular weight is 315 g/mol. The molecule has 1 aromatic heterocycles. The number of H-pyrrole nitrogens is 1. The Labute approximate surface area is 129 Å². The first-order valence-corrected chi connectivity index (χ1v) is 8.65. The lowest BCUT2D eigenvalue weighted by molar-refractivity contribution is 0.595. The van der Waals surface area contributed by atoms with Crippen LogP contribution in [-0.2, 0) is 9.84 Å². The highest BCUT2D eigenvalue weighted by Crippen LogP contribution is 2.16. The van der Waals surface area contributed by atoms with Crippen LogP contribution in [0.3, 0.4) is 0 Å². The van der Waals surface area contributed by atoms with E-state index in [1.54, 1.807) is 30.3 Å². The molecule has 0 radical (unpaired) electrons. The zero-order valence-corrected chi connectivity index (χ0v) is 13.0. The molecule has 0 saturated heterocycles. The first kappa shape index (κ1) is 14.6. The summed E-state index contributed by atoms with van der Waals surface area (Å²) in [4.78, 5) is 9.83. The molecule has 114 valence electrons. The van der Waals surface area contributed by atoms with Gasteiger partial charge in [0.25, 0.3) is 0 Å². The Hall–Kier alpha value is -2.34. The number of sulfone groups is 1. The standard InChI is InChI=1S/C16H17N3O2S/c1-19(16-17-14-9-5-6-10-15(14)18-16)11-12-22(20,21)13-7-3-2-4-8-13/h2-10H,11-12H2,1H3,(H,17,18). The number of imidazole rings is 1. The van der Waals surface area contributed by atoms with Crippen molar-refractivity contribution in [2.24, 2.45) is 0 Å². The lowest BCUT2D eigenvalue weighted by Crippen LogP contribution is -2.26. The molecule has 0 atom stereocenters. The van der Waals surface area contributed by atoms with E-state index in [2.05, 4.69) is 9.97 Å². The zero-order valence-electron chi connectivity index (χ0n) is 12.2. The number of hydrogen-bond acceptors (Lipinski definition) is 4. The second-order valence-electron chi connectivity index (χ2n) is 5.13. The van der Waals surface area contributed by atoms with Crippen molar-refractivity contribution < 1.29 is 8.42 Å². The van der Waals surface area contributed by atoms with E-state index in [0.717, 1.165) is 11.0 Å². The Morgan fingerprint density at radius 1 is 1.05 bits per heavy atom. The maximum atomic E-state index is 12.3. The number of aromatic amines is 1. The quantitative estimate of drug-likeness (QED) is 0.785. The highest BCUT2D eigenvalue weighted by Gasteiger charge is 2.16. The molecule has 2 aromatic carbocycles. The van der Waals surface area contributed by atoms with Gasteiger partial charge in [-0.05, 0) is 24.3 Å². The van der Waals surface area contributed by atoms with Gasteiger partial charge in [0.05, 0.1) is 21.7 Å². The molecule has 1 heterocycles. The Bertz CT molecular complexity index is 840. The Morgan fingerprint density at radius 2 is 1.73 bits per heavy atom. The molecule has 6 heteroatoms. The molecule has 0 aliphatic heterocycles. The van der Waals surface area contributed by atoms with Crippen LogP contribution in [0.4, 0.5) is 5.95 Å². The van der Waals surface area contributed by atoms with E-state index < -0.39 is 9.84 Å². The fourth-order valence-electron chi connectivity index (χ4n) is 2.23. The molecule has 3 rings (SSSR count). The van der Waals surface area contributed by atoms with Crippen LogP contribution in [0, 0.1) is 0 Å². The summed E-state index contributed by atoms with van der Waals surface area (Å²) in [5.41, 5.74) is 1.81. The van der Waals surface area contributed by atoms with Crippen molar-refractivity contribution in [3.63, 3.8) is 0 Å². The summed E-state index contributed by atoms with van der Waals surface area (Å²) in [7, 11) is -1.45. The van der Waals surface area contributed by atoms with Gasteiger partial charge < -0.3 is 9.88 Å². The summed E-state index contributed by atoms with van der Waals surface area (Å²) in [5, 5.41) is 0. The van der Waals surface area contributed by atoms with Crippen LogP contribution in [0.15, 0.2) is 59.5 Å². The van der Waals surface area contributed by atoms with Gasteiger partial charge in [-0.25, -0.2) is 13.4 Å². The van der Waals surface area contributed by atoms with Crippen LogP contribution in [0.5, 0.6) is 0 Å². The lowest BCUT2D eigenvalue weighted by atomic mass is 10.3. The van der Waals surface area contributed by atoms with Crippen molar-refractivity contribution >= 4 is 26.8 Å². The van der Waals surface area contributed by atoms with Crippen LogP contribution in [-0.4, -0.2) is 37.7 Å². The van der Waals surface area contributed by atoms with Crippen LogP contribution < -0.4 is 4.90 Å². The molecule has 0 amide bonds. The number of hydrogen-bond donors (Lipinski definition) is 1. The van der Waals surface area contributed by atoms with Gasteiger partial charge in [-0.3, -0.25) is 0 Å². The summed E-state index contributed by atoms with van der Waals surface area (Å²) in [6, 6.07) is 16.2. The van der Waals surface area contributed by atoms with Crippen molar-refractivity contribution in [2.45, 2.75) is 4.90 Å². The number of aromatic nitrogens is 2. The molecule has 0 aliphatic rings. The van der Waals surface area contributed by atoms with Crippen molar-refractivity contribution in [1.29, 1.82) is 0 Å². The first-order valence-electron chi connectivity index (χ1n) is 7.00. The number of para-hydroxylation sites is 2. The minimum Gasteiger partial charge on any atom is -0.344 e. The van der Waals surface area contributed by atoms with Gasteiger partial charge >= 0.3 is 0 Å². The predicted octanol–water partition coefficient (Wildman–Crippen LogP) is 2.47. The average Bonchev–Trinajstić information content (AvgIpc) is 2.98. The second-order valence-corrected chi connectivity index (χ2v) is 7.24. The van der Waals surface area contributed by atoms with E-state index in [1.807, 2.05) is 36.2 Å². The van der Waals surface area contributed by atoms with Gasteiger partial charge in [-0.15, -0.1) is 0 Å². The Morgan fingerprint density at radius 3 is 2.45 bits per heavy atom. The van der Waals surface area contributed by atoms with Gasteiger partial charge in [0.1, 0.15) is 0 Å². The molecule has 0 unspecified atom stereocenters. The maximum absolute atomic E-state index is 12.3.